The van der Waals surface area contributed by atoms with E-state index in [9.17, 15) is 4.79 Å². The van der Waals surface area contributed by atoms with Crippen LogP contribution in [0.15, 0.2) is 36.9 Å². The van der Waals surface area contributed by atoms with Gasteiger partial charge in [0.2, 0.25) is 0 Å². The highest BCUT2D eigenvalue weighted by atomic mass is 16.5. The second-order valence-electron chi connectivity index (χ2n) is 6.55. The molecule has 1 aliphatic rings. The summed E-state index contributed by atoms with van der Waals surface area (Å²) in [4.78, 5) is 18.4. The van der Waals surface area contributed by atoms with Crippen molar-refractivity contribution in [3.63, 3.8) is 0 Å². The third-order valence-electron chi connectivity index (χ3n) is 4.27. The molecule has 2 aromatic rings. The Hall–Kier alpha value is -2.45. The van der Waals surface area contributed by atoms with Crippen LogP contribution in [0.2, 0.25) is 0 Å². The Bertz CT molecular complexity index is 685. The number of nitrogens with one attached hydrogen (secondary N) is 2. The highest BCUT2D eigenvalue weighted by Gasteiger charge is 2.15. The van der Waals surface area contributed by atoms with Crippen LogP contribution in [0.1, 0.15) is 18.1 Å². The van der Waals surface area contributed by atoms with E-state index in [0.717, 1.165) is 44.0 Å². The molecule has 0 aliphatic carbocycles. The number of urea groups is 1. The predicted octanol–water partition coefficient (Wildman–Crippen LogP) is 0.846. The molecule has 2 amide bonds. The molecule has 0 spiro atoms. The predicted molar refractivity (Wildman–Crippen MR) is 97.7 cm³/mol. The van der Waals surface area contributed by atoms with E-state index < -0.39 is 0 Å². The van der Waals surface area contributed by atoms with Gasteiger partial charge in [0.25, 0.3) is 0 Å². The maximum absolute atomic E-state index is 12.1. The first kappa shape index (κ1) is 18.3. The minimum Gasteiger partial charge on any atom is -0.379 e. The van der Waals surface area contributed by atoms with Crippen LogP contribution in [0, 0.1) is 0 Å². The maximum Gasteiger partial charge on any atom is 0.315 e. The minimum atomic E-state index is -0.146. The SMILES string of the molecule is CC(CN1CCOCC1)NC(=O)NCc1cccc(Cn2cncn2)c1. The molecular formula is C18H26N6O2. The molecule has 1 saturated heterocycles. The number of hydrogen-bond acceptors (Lipinski definition) is 5. The van der Waals surface area contributed by atoms with Gasteiger partial charge < -0.3 is 15.4 Å². The highest BCUT2D eigenvalue weighted by molar-refractivity contribution is 5.74. The van der Waals surface area contributed by atoms with E-state index in [1.807, 2.05) is 25.1 Å². The molecule has 1 atom stereocenters. The molecule has 1 aromatic heterocycles. The van der Waals surface area contributed by atoms with Crippen molar-refractivity contribution in [3.8, 4) is 0 Å². The average molecular weight is 358 g/mol. The standard InChI is InChI=1S/C18H26N6O2/c1-15(11-23-5-7-26-8-6-23)22-18(25)20-10-16-3-2-4-17(9-16)12-24-14-19-13-21-24/h2-4,9,13-15H,5-8,10-12H2,1H3,(H2,20,22,25). The Labute approximate surface area is 153 Å². The van der Waals surface area contributed by atoms with Crippen molar-refractivity contribution in [2.24, 2.45) is 0 Å². The number of carbonyl (C=O) groups excluding carboxylic acids is 1. The van der Waals surface area contributed by atoms with Crippen LogP contribution < -0.4 is 10.6 Å². The molecule has 8 heteroatoms. The molecule has 0 bridgehead atoms. The molecule has 2 N–H and O–H groups in total. The lowest BCUT2D eigenvalue weighted by molar-refractivity contribution is 0.0349. The fraction of sp³-hybridized carbons (Fsp3) is 0.500. The molecule has 3 rings (SSSR count). The molecule has 1 fully saturated rings. The normalized spacial score (nSPS) is 16.2. The number of hydrogen-bond donors (Lipinski definition) is 2. The molecule has 2 heterocycles. The summed E-state index contributed by atoms with van der Waals surface area (Å²) in [5.41, 5.74) is 2.18. The summed E-state index contributed by atoms with van der Waals surface area (Å²) in [5.74, 6) is 0. The third-order valence-corrected chi connectivity index (χ3v) is 4.27. The number of benzene rings is 1. The van der Waals surface area contributed by atoms with Crippen LogP contribution in [0.5, 0.6) is 0 Å². The van der Waals surface area contributed by atoms with E-state index >= 15 is 0 Å². The van der Waals surface area contributed by atoms with Gasteiger partial charge in [-0.1, -0.05) is 24.3 Å². The summed E-state index contributed by atoms with van der Waals surface area (Å²) in [7, 11) is 0. The van der Waals surface area contributed by atoms with Gasteiger partial charge in [0.15, 0.2) is 0 Å². The second-order valence-corrected chi connectivity index (χ2v) is 6.55. The van der Waals surface area contributed by atoms with Gasteiger partial charge in [0.05, 0.1) is 19.8 Å². The molecule has 26 heavy (non-hydrogen) atoms. The minimum absolute atomic E-state index is 0.0896. The topological polar surface area (TPSA) is 84.3 Å². The van der Waals surface area contributed by atoms with E-state index in [2.05, 4.69) is 31.7 Å². The summed E-state index contributed by atoms with van der Waals surface area (Å²) < 4.78 is 7.11. The lowest BCUT2D eigenvalue weighted by atomic mass is 10.1. The van der Waals surface area contributed by atoms with Crippen molar-refractivity contribution in [2.45, 2.75) is 26.1 Å². The summed E-state index contributed by atoms with van der Waals surface area (Å²) in [6.07, 6.45) is 3.21. The number of aromatic nitrogens is 3. The lowest BCUT2D eigenvalue weighted by Gasteiger charge is -2.29. The third kappa shape index (κ3) is 5.82. The molecule has 140 valence electrons. The van der Waals surface area contributed by atoms with E-state index in [4.69, 9.17) is 4.74 Å². The molecule has 0 radical (unpaired) electrons. The molecular weight excluding hydrogens is 332 g/mol. The fourth-order valence-electron chi connectivity index (χ4n) is 3.01. The first-order valence-corrected chi connectivity index (χ1v) is 8.94. The Morgan fingerprint density at radius 1 is 1.31 bits per heavy atom. The molecule has 1 aromatic carbocycles. The number of carbonyl (C=O) groups is 1. The van der Waals surface area contributed by atoms with Crippen molar-refractivity contribution < 1.29 is 9.53 Å². The summed E-state index contributed by atoms with van der Waals surface area (Å²) in [5, 5.41) is 10.0. The number of morpholine rings is 1. The second kappa shape index (κ2) is 9.30. The summed E-state index contributed by atoms with van der Waals surface area (Å²) in [6, 6.07) is 8.04. The van der Waals surface area contributed by atoms with Gasteiger partial charge >= 0.3 is 6.03 Å². The number of nitrogens with zero attached hydrogens (tertiary/aromatic N) is 4. The molecule has 0 saturated carbocycles. The van der Waals surface area contributed by atoms with Gasteiger partial charge in [-0.25, -0.2) is 14.5 Å². The average Bonchev–Trinajstić information content (AvgIpc) is 3.14. The Balaban J connectivity index is 1.42. The summed E-state index contributed by atoms with van der Waals surface area (Å²) in [6.45, 7) is 7.39. The fourth-order valence-corrected chi connectivity index (χ4v) is 3.01. The Morgan fingerprint density at radius 2 is 2.12 bits per heavy atom. The smallest absolute Gasteiger partial charge is 0.315 e. The van der Waals surface area contributed by atoms with E-state index in [-0.39, 0.29) is 12.1 Å². The van der Waals surface area contributed by atoms with E-state index in [1.165, 1.54) is 6.33 Å². The molecule has 8 nitrogen and oxygen atoms in total. The quantitative estimate of drug-likeness (QED) is 0.766. The zero-order valence-electron chi connectivity index (χ0n) is 15.1. The van der Waals surface area contributed by atoms with E-state index in [0.29, 0.717) is 13.1 Å². The van der Waals surface area contributed by atoms with Gasteiger partial charge in [0, 0.05) is 32.2 Å². The van der Waals surface area contributed by atoms with Gasteiger partial charge in [-0.2, -0.15) is 5.10 Å². The molecule has 1 aliphatic heterocycles. The Kier molecular flexibility index (Phi) is 6.56. The van der Waals surface area contributed by atoms with Crippen molar-refractivity contribution in [1.29, 1.82) is 0 Å². The zero-order valence-corrected chi connectivity index (χ0v) is 15.1. The van der Waals surface area contributed by atoms with Gasteiger partial charge in [-0.05, 0) is 18.1 Å². The summed E-state index contributed by atoms with van der Waals surface area (Å²) >= 11 is 0. The van der Waals surface area contributed by atoms with Crippen molar-refractivity contribution in [3.05, 3.63) is 48.0 Å². The first-order valence-electron chi connectivity index (χ1n) is 8.94. The monoisotopic (exact) mass is 358 g/mol. The first-order chi connectivity index (χ1) is 12.7. The van der Waals surface area contributed by atoms with Gasteiger partial charge in [-0.15, -0.1) is 0 Å². The highest BCUT2D eigenvalue weighted by Crippen LogP contribution is 2.06. The van der Waals surface area contributed by atoms with Gasteiger partial charge in [0.1, 0.15) is 12.7 Å². The van der Waals surface area contributed by atoms with Crippen molar-refractivity contribution in [1.82, 2.24) is 30.3 Å². The number of ether oxygens (including phenoxy) is 1. The lowest BCUT2D eigenvalue weighted by Crippen LogP contribution is -2.48. The van der Waals surface area contributed by atoms with E-state index in [1.54, 1.807) is 11.0 Å². The van der Waals surface area contributed by atoms with Crippen LogP contribution in [0.25, 0.3) is 0 Å². The van der Waals surface area contributed by atoms with Crippen LogP contribution in [-0.4, -0.2) is 64.6 Å². The maximum atomic E-state index is 12.1. The van der Waals surface area contributed by atoms with Crippen molar-refractivity contribution in [2.75, 3.05) is 32.8 Å². The van der Waals surface area contributed by atoms with Gasteiger partial charge in [-0.3, -0.25) is 4.90 Å². The number of rotatable bonds is 7. The zero-order chi connectivity index (χ0) is 18.2. The number of amides is 2. The Morgan fingerprint density at radius 3 is 2.88 bits per heavy atom. The van der Waals surface area contributed by atoms with Crippen LogP contribution >= 0.6 is 0 Å². The van der Waals surface area contributed by atoms with Crippen LogP contribution in [0.3, 0.4) is 0 Å². The van der Waals surface area contributed by atoms with Crippen molar-refractivity contribution >= 4 is 6.03 Å². The largest absolute Gasteiger partial charge is 0.379 e. The molecule has 1 unspecified atom stereocenters. The van der Waals surface area contributed by atoms with Crippen LogP contribution in [0.4, 0.5) is 4.79 Å². The van der Waals surface area contributed by atoms with Crippen LogP contribution in [-0.2, 0) is 17.8 Å².